The Morgan fingerprint density at radius 3 is 2.71 bits per heavy atom. The van der Waals surface area contributed by atoms with Crippen LogP contribution in [0.15, 0.2) is 36.4 Å². The van der Waals surface area contributed by atoms with Gasteiger partial charge in [-0.05, 0) is 50.9 Å². The molecule has 2 heterocycles. The molecule has 2 aromatic rings. The molecule has 1 amide bonds. The number of carbonyl (C=O) groups is 1. The SMILES string of the molecule is CNC1CCCN(C(=O)c2cc(C3CC3)nn2-c2ccccc2)C1. The summed E-state index contributed by atoms with van der Waals surface area (Å²) < 4.78 is 1.83. The van der Waals surface area contributed by atoms with Gasteiger partial charge >= 0.3 is 0 Å². The summed E-state index contributed by atoms with van der Waals surface area (Å²) in [6, 6.07) is 12.4. The average molecular weight is 324 g/mol. The largest absolute Gasteiger partial charge is 0.336 e. The Labute approximate surface area is 142 Å². The van der Waals surface area contributed by atoms with E-state index in [1.54, 1.807) is 0 Å². The lowest BCUT2D eigenvalue weighted by atomic mass is 10.1. The van der Waals surface area contributed by atoms with E-state index in [4.69, 9.17) is 5.10 Å². The Hall–Kier alpha value is -2.14. The van der Waals surface area contributed by atoms with E-state index in [9.17, 15) is 4.79 Å². The fourth-order valence-corrected chi connectivity index (χ4v) is 3.46. The lowest BCUT2D eigenvalue weighted by Gasteiger charge is -2.32. The van der Waals surface area contributed by atoms with Gasteiger partial charge in [-0.2, -0.15) is 5.10 Å². The second-order valence-corrected chi connectivity index (χ2v) is 6.86. The number of nitrogens with one attached hydrogen (secondary N) is 1. The van der Waals surface area contributed by atoms with Gasteiger partial charge in [0.15, 0.2) is 0 Å². The monoisotopic (exact) mass is 324 g/mol. The van der Waals surface area contributed by atoms with Crippen molar-refractivity contribution in [2.45, 2.75) is 37.6 Å². The third-order valence-corrected chi connectivity index (χ3v) is 5.06. The van der Waals surface area contributed by atoms with E-state index in [0.717, 1.165) is 37.3 Å². The molecule has 5 heteroatoms. The van der Waals surface area contributed by atoms with Gasteiger partial charge in [0.2, 0.25) is 0 Å². The number of hydrogen-bond donors (Lipinski definition) is 1. The molecule has 1 saturated heterocycles. The molecule has 1 atom stereocenters. The number of rotatable bonds is 4. The maximum absolute atomic E-state index is 13.1. The first-order valence-electron chi connectivity index (χ1n) is 8.88. The fraction of sp³-hybridized carbons (Fsp3) is 0.474. The summed E-state index contributed by atoms with van der Waals surface area (Å²) in [7, 11) is 1.97. The zero-order valence-electron chi connectivity index (χ0n) is 14.1. The lowest BCUT2D eigenvalue weighted by molar-refractivity contribution is 0.0689. The summed E-state index contributed by atoms with van der Waals surface area (Å²) in [5.41, 5.74) is 2.71. The molecular weight excluding hydrogens is 300 g/mol. The third-order valence-electron chi connectivity index (χ3n) is 5.06. The molecule has 1 aliphatic heterocycles. The average Bonchev–Trinajstić information content (AvgIpc) is 3.40. The molecule has 2 fully saturated rings. The van der Waals surface area contributed by atoms with E-state index < -0.39 is 0 Å². The van der Waals surface area contributed by atoms with Crippen LogP contribution < -0.4 is 5.32 Å². The molecule has 1 aliphatic carbocycles. The van der Waals surface area contributed by atoms with Crippen molar-refractivity contribution in [3.05, 3.63) is 47.8 Å². The summed E-state index contributed by atoms with van der Waals surface area (Å²) in [5.74, 6) is 0.631. The van der Waals surface area contributed by atoms with Crippen molar-refractivity contribution in [2.24, 2.45) is 0 Å². The minimum atomic E-state index is 0.0956. The van der Waals surface area contributed by atoms with Crippen LogP contribution in [0, 0.1) is 0 Å². The first-order valence-corrected chi connectivity index (χ1v) is 8.88. The molecule has 2 aliphatic rings. The van der Waals surface area contributed by atoms with Crippen molar-refractivity contribution < 1.29 is 4.79 Å². The fourth-order valence-electron chi connectivity index (χ4n) is 3.46. The maximum Gasteiger partial charge on any atom is 0.272 e. The van der Waals surface area contributed by atoms with Crippen LogP contribution in [0.2, 0.25) is 0 Å². The molecule has 126 valence electrons. The predicted molar refractivity (Wildman–Crippen MR) is 93.5 cm³/mol. The minimum Gasteiger partial charge on any atom is -0.336 e. The van der Waals surface area contributed by atoms with Crippen LogP contribution in [0.4, 0.5) is 0 Å². The van der Waals surface area contributed by atoms with Crippen LogP contribution in [0.25, 0.3) is 5.69 Å². The molecule has 0 radical (unpaired) electrons. The highest BCUT2D eigenvalue weighted by Gasteiger charge is 2.31. The Kier molecular flexibility index (Phi) is 4.10. The molecule has 0 bridgehead atoms. The Morgan fingerprint density at radius 1 is 1.21 bits per heavy atom. The van der Waals surface area contributed by atoms with Crippen LogP contribution in [0.1, 0.15) is 47.8 Å². The minimum absolute atomic E-state index is 0.0956. The van der Waals surface area contributed by atoms with Gasteiger partial charge in [-0.3, -0.25) is 4.79 Å². The Bertz CT molecular complexity index is 720. The van der Waals surface area contributed by atoms with E-state index in [1.165, 1.54) is 12.8 Å². The Balaban J connectivity index is 1.67. The molecule has 5 nitrogen and oxygen atoms in total. The topological polar surface area (TPSA) is 50.2 Å². The lowest BCUT2D eigenvalue weighted by Crippen LogP contribution is -2.47. The molecule has 1 unspecified atom stereocenters. The van der Waals surface area contributed by atoms with Crippen molar-refractivity contribution in [1.29, 1.82) is 0 Å². The van der Waals surface area contributed by atoms with Gasteiger partial charge in [-0.1, -0.05) is 18.2 Å². The highest BCUT2D eigenvalue weighted by molar-refractivity contribution is 5.93. The summed E-state index contributed by atoms with van der Waals surface area (Å²) in [6.07, 6.45) is 4.55. The molecular formula is C19H24N4O. The molecule has 4 rings (SSSR count). The van der Waals surface area contributed by atoms with Crippen molar-refractivity contribution >= 4 is 5.91 Å². The predicted octanol–water partition coefficient (Wildman–Crippen LogP) is 2.57. The van der Waals surface area contributed by atoms with Gasteiger partial charge in [-0.25, -0.2) is 4.68 Å². The molecule has 24 heavy (non-hydrogen) atoms. The number of piperidine rings is 1. The van der Waals surface area contributed by atoms with Crippen LogP contribution in [0.3, 0.4) is 0 Å². The van der Waals surface area contributed by atoms with Gasteiger partial charge in [0, 0.05) is 25.0 Å². The number of likely N-dealkylation sites (N-methyl/N-ethyl adjacent to an activating group) is 1. The summed E-state index contributed by atoms with van der Waals surface area (Å²) in [5, 5.41) is 8.05. The number of amides is 1. The molecule has 0 spiro atoms. The third kappa shape index (κ3) is 2.96. The zero-order chi connectivity index (χ0) is 16.5. The maximum atomic E-state index is 13.1. The quantitative estimate of drug-likeness (QED) is 0.940. The number of aromatic nitrogens is 2. The van der Waals surface area contributed by atoms with Gasteiger partial charge < -0.3 is 10.2 Å². The van der Waals surface area contributed by atoms with Gasteiger partial charge in [0.1, 0.15) is 5.69 Å². The van der Waals surface area contributed by atoms with Crippen molar-refractivity contribution in [3.8, 4) is 5.69 Å². The van der Waals surface area contributed by atoms with E-state index in [-0.39, 0.29) is 5.91 Å². The second kappa shape index (κ2) is 6.40. The number of para-hydroxylation sites is 1. The van der Waals surface area contributed by atoms with Crippen molar-refractivity contribution in [1.82, 2.24) is 20.0 Å². The van der Waals surface area contributed by atoms with Crippen LogP contribution in [-0.4, -0.2) is 46.8 Å². The van der Waals surface area contributed by atoms with Crippen molar-refractivity contribution in [3.63, 3.8) is 0 Å². The van der Waals surface area contributed by atoms with Gasteiger partial charge in [0.05, 0.1) is 11.4 Å². The van der Waals surface area contributed by atoms with E-state index in [1.807, 2.05) is 53.0 Å². The van der Waals surface area contributed by atoms with Gasteiger partial charge in [-0.15, -0.1) is 0 Å². The summed E-state index contributed by atoms with van der Waals surface area (Å²) in [6.45, 7) is 1.60. The van der Waals surface area contributed by atoms with Gasteiger partial charge in [0.25, 0.3) is 5.91 Å². The molecule has 1 saturated carbocycles. The van der Waals surface area contributed by atoms with Crippen molar-refractivity contribution in [2.75, 3.05) is 20.1 Å². The Morgan fingerprint density at radius 2 is 2.00 bits per heavy atom. The molecule has 1 N–H and O–H groups in total. The highest BCUT2D eigenvalue weighted by Crippen LogP contribution is 2.40. The number of benzene rings is 1. The first kappa shape index (κ1) is 15.4. The summed E-state index contributed by atoms with van der Waals surface area (Å²) in [4.78, 5) is 15.1. The normalized spacial score (nSPS) is 21.0. The van der Waals surface area contributed by atoms with E-state index in [2.05, 4.69) is 5.32 Å². The van der Waals surface area contributed by atoms with E-state index >= 15 is 0 Å². The number of likely N-dealkylation sites (tertiary alicyclic amines) is 1. The standard InChI is InChI=1S/C19H24N4O/c1-20-15-6-5-11-22(13-15)19(24)18-12-17(14-9-10-14)21-23(18)16-7-3-2-4-8-16/h2-4,7-8,12,14-15,20H,5-6,9-11,13H2,1H3. The highest BCUT2D eigenvalue weighted by atomic mass is 16.2. The molecule has 1 aromatic carbocycles. The second-order valence-electron chi connectivity index (χ2n) is 6.86. The zero-order valence-corrected chi connectivity index (χ0v) is 14.1. The van der Waals surface area contributed by atoms with Crippen LogP contribution in [-0.2, 0) is 0 Å². The number of carbonyl (C=O) groups excluding carboxylic acids is 1. The van der Waals surface area contributed by atoms with Crippen LogP contribution >= 0.6 is 0 Å². The number of nitrogens with zero attached hydrogens (tertiary/aromatic N) is 3. The smallest absolute Gasteiger partial charge is 0.272 e. The van der Waals surface area contributed by atoms with Crippen LogP contribution in [0.5, 0.6) is 0 Å². The molecule has 1 aromatic heterocycles. The summed E-state index contributed by atoms with van der Waals surface area (Å²) >= 11 is 0. The first-order chi connectivity index (χ1) is 11.8. The van der Waals surface area contributed by atoms with E-state index in [0.29, 0.717) is 17.7 Å². The number of hydrogen-bond acceptors (Lipinski definition) is 3.